The summed E-state index contributed by atoms with van der Waals surface area (Å²) in [7, 11) is 1.93. The van der Waals surface area contributed by atoms with Gasteiger partial charge in [0.25, 0.3) is 0 Å². The van der Waals surface area contributed by atoms with Gasteiger partial charge >= 0.3 is 0 Å². The third-order valence-corrected chi connectivity index (χ3v) is 3.39. The minimum absolute atomic E-state index is 0.172. The number of anilines is 2. The molecular weight excluding hydrogens is 290 g/mol. The number of halogens is 1. The van der Waals surface area contributed by atoms with Crippen LogP contribution >= 0.6 is 11.6 Å². The molecule has 21 heavy (non-hydrogen) atoms. The van der Waals surface area contributed by atoms with E-state index >= 15 is 0 Å². The van der Waals surface area contributed by atoms with Gasteiger partial charge < -0.3 is 10.6 Å². The fourth-order valence-electron chi connectivity index (χ4n) is 1.99. The average Bonchev–Trinajstić information content (AvgIpc) is 2.67. The van der Waals surface area contributed by atoms with Crippen molar-refractivity contribution in [2.45, 2.75) is 33.7 Å². The molecule has 0 amide bonds. The predicted molar refractivity (Wildman–Crippen MR) is 83.6 cm³/mol. The summed E-state index contributed by atoms with van der Waals surface area (Å²) in [6.07, 6.45) is 0.986. The fourth-order valence-corrected chi connectivity index (χ4v) is 2.15. The molecule has 0 aliphatic rings. The van der Waals surface area contributed by atoms with Crippen molar-refractivity contribution in [2.75, 3.05) is 17.2 Å². The van der Waals surface area contributed by atoms with E-state index in [1.807, 2.05) is 25.6 Å². The van der Waals surface area contributed by atoms with E-state index in [0.29, 0.717) is 18.4 Å². The molecule has 7 nitrogen and oxygen atoms in total. The highest BCUT2D eigenvalue weighted by Crippen LogP contribution is 2.15. The summed E-state index contributed by atoms with van der Waals surface area (Å²) in [4.78, 5) is 12.4. The number of rotatable bonds is 6. The van der Waals surface area contributed by atoms with Crippen LogP contribution in [-0.4, -0.2) is 31.3 Å². The third-order valence-electron chi connectivity index (χ3n) is 3.22. The van der Waals surface area contributed by atoms with E-state index < -0.39 is 0 Å². The van der Waals surface area contributed by atoms with Crippen LogP contribution in [0.4, 0.5) is 11.9 Å². The van der Waals surface area contributed by atoms with Crippen molar-refractivity contribution in [2.24, 2.45) is 7.05 Å². The highest BCUT2D eigenvalue weighted by atomic mass is 35.5. The van der Waals surface area contributed by atoms with Gasteiger partial charge in [-0.1, -0.05) is 6.92 Å². The second-order valence-electron chi connectivity index (χ2n) is 4.80. The molecule has 0 radical (unpaired) electrons. The molecular formula is C13H20ClN7. The predicted octanol–water partition coefficient (Wildman–Crippen LogP) is 2.31. The summed E-state index contributed by atoms with van der Waals surface area (Å²) in [5, 5.41) is 10.8. The van der Waals surface area contributed by atoms with Crippen LogP contribution in [0.1, 0.15) is 30.3 Å². The van der Waals surface area contributed by atoms with E-state index in [-0.39, 0.29) is 5.28 Å². The second kappa shape index (κ2) is 6.71. The molecule has 0 fully saturated rings. The Bertz CT molecular complexity index is 623. The van der Waals surface area contributed by atoms with Crippen molar-refractivity contribution in [1.29, 1.82) is 0 Å². The molecule has 2 aromatic heterocycles. The number of aryl methyl sites for hydroxylation is 2. The van der Waals surface area contributed by atoms with Gasteiger partial charge in [0.2, 0.25) is 17.2 Å². The quantitative estimate of drug-likeness (QED) is 0.852. The van der Waals surface area contributed by atoms with E-state index in [1.54, 1.807) is 0 Å². The molecule has 0 bridgehead atoms. The molecule has 114 valence electrons. The first-order valence-corrected chi connectivity index (χ1v) is 7.27. The summed E-state index contributed by atoms with van der Waals surface area (Å²) in [5.74, 6) is 0.940. The number of aromatic nitrogens is 5. The van der Waals surface area contributed by atoms with E-state index in [2.05, 4.69) is 37.6 Å². The first kappa shape index (κ1) is 15.5. The SMILES string of the molecule is CCCNc1nc(Cl)nc(NCc2c(C)nn(C)c2C)n1. The molecule has 0 unspecified atom stereocenters. The van der Waals surface area contributed by atoms with Gasteiger partial charge in [-0.05, 0) is 31.9 Å². The zero-order valence-electron chi connectivity index (χ0n) is 12.7. The molecule has 0 aliphatic heterocycles. The first-order chi connectivity index (χ1) is 10.0. The fraction of sp³-hybridized carbons (Fsp3) is 0.538. The van der Waals surface area contributed by atoms with Crippen LogP contribution in [0.25, 0.3) is 0 Å². The van der Waals surface area contributed by atoms with Crippen LogP contribution in [0.2, 0.25) is 5.28 Å². The summed E-state index contributed by atoms with van der Waals surface area (Å²) in [6.45, 7) is 7.48. The van der Waals surface area contributed by atoms with E-state index in [1.165, 1.54) is 0 Å². The van der Waals surface area contributed by atoms with Gasteiger partial charge in [0.1, 0.15) is 0 Å². The lowest BCUT2D eigenvalue weighted by molar-refractivity contribution is 0.730. The maximum Gasteiger partial charge on any atom is 0.229 e. The van der Waals surface area contributed by atoms with Crippen LogP contribution in [0, 0.1) is 13.8 Å². The smallest absolute Gasteiger partial charge is 0.229 e. The lowest BCUT2D eigenvalue weighted by Gasteiger charge is -2.08. The van der Waals surface area contributed by atoms with E-state index in [4.69, 9.17) is 11.6 Å². The lowest BCUT2D eigenvalue weighted by Crippen LogP contribution is -2.10. The van der Waals surface area contributed by atoms with Gasteiger partial charge in [-0.25, -0.2) is 0 Å². The van der Waals surface area contributed by atoms with Gasteiger partial charge in [0.05, 0.1) is 5.69 Å². The van der Waals surface area contributed by atoms with E-state index in [9.17, 15) is 0 Å². The van der Waals surface area contributed by atoms with Gasteiger partial charge in [-0.2, -0.15) is 20.1 Å². The molecule has 0 atom stereocenters. The largest absolute Gasteiger partial charge is 0.354 e. The van der Waals surface area contributed by atoms with Crippen molar-refractivity contribution in [3.05, 3.63) is 22.2 Å². The summed E-state index contributed by atoms with van der Waals surface area (Å²) >= 11 is 5.92. The average molecular weight is 310 g/mol. The molecule has 8 heteroatoms. The van der Waals surface area contributed by atoms with Crippen molar-refractivity contribution in [1.82, 2.24) is 24.7 Å². The monoisotopic (exact) mass is 309 g/mol. The highest BCUT2D eigenvalue weighted by molar-refractivity contribution is 6.28. The van der Waals surface area contributed by atoms with Crippen LogP contribution in [0.5, 0.6) is 0 Å². The van der Waals surface area contributed by atoms with Gasteiger partial charge in [0.15, 0.2) is 0 Å². The Morgan fingerprint density at radius 2 is 1.76 bits per heavy atom. The molecule has 0 saturated carbocycles. The minimum Gasteiger partial charge on any atom is -0.354 e. The molecule has 0 saturated heterocycles. The van der Waals surface area contributed by atoms with Crippen molar-refractivity contribution >= 4 is 23.5 Å². The van der Waals surface area contributed by atoms with Gasteiger partial charge in [-0.15, -0.1) is 0 Å². The lowest BCUT2D eigenvalue weighted by atomic mass is 10.2. The van der Waals surface area contributed by atoms with Gasteiger partial charge in [-0.3, -0.25) is 4.68 Å². The minimum atomic E-state index is 0.172. The Hall–Kier alpha value is -1.89. The molecule has 2 N–H and O–H groups in total. The Morgan fingerprint density at radius 3 is 2.33 bits per heavy atom. The summed E-state index contributed by atoms with van der Waals surface area (Å²) < 4.78 is 1.86. The number of nitrogens with one attached hydrogen (secondary N) is 2. The Morgan fingerprint density at radius 1 is 1.10 bits per heavy atom. The standard InChI is InChI=1S/C13H20ClN7/c1-5-6-15-12-17-11(14)18-13(19-12)16-7-10-8(2)20-21(4)9(10)3/h5-7H2,1-4H3,(H2,15,16,17,18,19). The molecule has 2 aromatic rings. The van der Waals surface area contributed by atoms with Gasteiger partial charge in [0, 0.05) is 31.4 Å². The van der Waals surface area contributed by atoms with E-state index in [0.717, 1.165) is 29.9 Å². The van der Waals surface area contributed by atoms with Crippen molar-refractivity contribution in [3.8, 4) is 0 Å². The number of hydrogen-bond donors (Lipinski definition) is 2. The number of nitrogens with zero attached hydrogens (tertiary/aromatic N) is 5. The van der Waals surface area contributed by atoms with Crippen LogP contribution in [0.15, 0.2) is 0 Å². The zero-order chi connectivity index (χ0) is 15.4. The molecule has 2 heterocycles. The summed E-state index contributed by atoms with van der Waals surface area (Å²) in [5.41, 5.74) is 3.24. The molecule has 0 aliphatic carbocycles. The molecule has 2 rings (SSSR count). The Balaban J connectivity index is 2.10. The van der Waals surface area contributed by atoms with Crippen LogP contribution in [0.3, 0.4) is 0 Å². The zero-order valence-corrected chi connectivity index (χ0v) is 13.5. The normalized spacial score (nSPS) is 10.7. The summed E-state index contributed by atoms with van der Waals surface area (Å²) in [6, 6.07) is 0. The van der Waals surface area contributed by atoms with Crippen LogP contribution in [-0.2, 0) is 13.6 Å². The topological polar surface area (TPSA) is 80.5 Å². The molecule has 0 spiro atoms. The maximum absolute atomic E-state index is 5.92. The third kappa shape index (κ3) is 3.81. The second-order valence-corrected chi connectivity index (χ2v) is 5.14. The first-order valence-electron chi connectivity index (χ1n) is 6.89. The Labute approximate surface area is 129 Å². The van der Waals surface area contributed by atoms with Crippen molar-refractivity contribution < 1.29 is 0 Å². The van der Waals surface area contributed by atoms with Crippen molar-refractivity contribution in [3.63, 3.8) is 0 Å². The Kier molecular flexibility index (Phi) is 4.95. The molecule has 0 aromatic carbocycles. The number of hydrogen-bond acceptors (Lipinski definition) is 6. The van der Waals surface area contributed by atoms with Crippen LogP contribution < -0.4 is 10.6 Å². The maximum atomic E-state index is 5.92. The highest BCUT2D eigenvalue weighted by Gasteiger charge is 2.10.